The topological polar surface area (TPSA) is 62.1 Å². The van der Waals surface area contributed by atoms with Gasteiger partial charge < -0.3 is 18.8 Å². The van der Waals surface area contributed by atoms with E-state index in [1.807, 2.05) is 47.9 Å². The monoisotopic (exact) mass is 446 g/mol. The lowest BCUT2D eigenvalue weighted by molar-refractivity contribution is 0.0996. The highest BCUT2D eigenvalue weighted by Crippen LogP contribution is 2.33. The molecule has 0 fully saturated rings. The highest BCUT2D eigenvalue weighted by molar-refractivity contribution is 7.99. The smallest absolute Gasteiger partial charge is 0.279 e. The van der Waals surface area contributed by atoms with Gasteiger partial charge in [-0.1, -0.05) is 18.3 Å². The van der Waals surface area contributed by atoms with Crippen LogP contribution < -0.4 is 14.3 Å². The van der Waals surface area contributed by atoms with Gasteiger partial charge in [0, 0.05) is 35.7 Å². The summed E-state index contributed by atoms with van der Waals surface area (Å²) in [7, 11) is 3.21. The molecule has 1 amide bonds. The zero-order chi connectivity index (χ0) is 21.5. The van der Waals surface area contributed by atoms with Gasteiger partial charge >= 0.3 is 0 Å². The maximum absolute atomic E-state index is 12.8. The molecule has 0 spiro atoms. The average Bonchev–Trinajstić information content (AvgIpc) is 3.09. The Hall–Kier alpha value is -2.29. The van der Waals surface area contributed by atoms with Crippen molar-refractivity contribution in [1.29, 1.82) is 0 Å². The Morgan fingerprint density at radius 3 is 2.43 bits per heavy atom. The summed E-state index contributed by atoms with van der Waals surface area (Å²) in [5.74, 6) is 2.00. The van der Waals surface area contributed by atoms with Crippen LogP contribution in [0.4, 0.5) is 0 Å². The van der Waals surface area contributed by atoms with Crippen LogP contribution in [0.15, 0.2) is 46.3 Å². The highest BCUT2D eigenvalue weighted by Gasteiger charge is 2.14. The molecule has 30 heavy (non-hydrogen) atoms. The number of thiazole rings is 1. The molecular formula is C22H26N2O4S2. The van der Waals surface area contributed by atoms with Crippen molar-refractivity contribution in [3.05, 3.63) is 46.8 Å². The number of amides is 1. The van der Waals surface area contributed by atoms with Crippen LogP contribution >= 0.6 is 23.1 Å². The maximum atomic E-state index is 12.8. The molecule has 0 aliphatic carbocycles. The summed E-state index contributed by atoms with van der Waals surface area (Å²) < 4.78 is 19.4. The Morgan fingerprint density at radius 2 is 1.80 bits per heavy atom. The van der Waals surface area contributed by atoms with Crippen LogP contribution in [0.25, 0.3) is 10.2 Å². The van der Waals surface area contributed by atoms with Gasteiger partial charge in [-0.15, -0.1) is 11.8 Å². The molecule has 0 aliphatic heterocycles. The Balaban J connectivity index is 2.05. The number of nitrogens with zero attached hydrogens (tertiary/aromatic N) is 2. The number of benzene rings is 2. The molecule has 0 atom stereocenters. The molecule has 3 aromatic rings. The van der Waals surface area contributed by atoms with Gasteiger partial charge in [-0.2, -0.15) is 4.99 Å². The van der Waals surface area contributed by atoms with E-state index in [0.717, 1.165) is 20.9 Å². The summed E-state index contributed by atoms with van der Waals surface area (Å²) in [6.45, 7) is 5.81. The number of carbonyl (C=O) groups excluding carboxylic acids is 1. The molecule has 3 rings (SSSR count). The minimum Gasteiger partial charge on any atom is -0.493 e. The largest absolute Gasteiger partial charge is 0.493 e. The molecule has 6 nitrogen and oxygen atoms in total. The molecule has 0 aliphatic rings. The minimum atomic E-state index is -0.265. The van der Waals surface area contributed by atoms with Gasteiger partial charge in [0.25, 0.3) is 5.91 Å². The van der Waals surface area contributed by atoms with E-state index < -0.39 is 0 Å². The van der Waals surface area contributed by atoms with E-state index in [4.69, 9.17) is 14.2 Å². The van der Waals surface area contributed by atoms with E-state index in [9.17, 15) is 4.79 Å². The fraction of sp³-hybridized carbons (Fsp3) is 0.364. The fourth-order valence-corrected chi connectivity index (χ4v) is 4.74. The third kappa shape index (κ3) is 5.06. The normalized spacial score (nSPS) is 11.8. The summed E-state index contributed by atoms with van der Waals surface area (Å²) in [5, 5.41) is 0. The Labute approximate surface area is 184 Å². The van der Waals surface area contributed by atoms with E-state index in [2.05, 4.69) is 11.9 Å². The van der Waals surface area contributed by atoms with Crippen molar-refractivity contribution in [2.75, 3.05) is 33.2 Å². The van der Waals surface area contributed by atoms with E-state index in [0.29, 0.717) is 41.6 Å². The van der Waals surface area contributed by atoms with Crippen molar-refractivity contribution in [2.45, 2.75) is 25.3 Å². The van der Waals surface area contributed by atoms with Gasteiger partial charge in [-0.25, -0.2) is 0 Å². The standard InChI is InChI=1S/C22H26N2O4S2/c1-5-28-12-11-24-17-13-18(26-3)19(27-4)14-20(17)30-22(24)23-21(25)15-7-9-16(10-8-15)29-6-2/h7-10,13-14H,5-6,11-12H2,1-4H3. The van der Waals surface area contributed by atoms with Gasteiger partial charge in [0.2, 0.25) is 0 Å². The SMILES string of the molecule is CCOCCn1c(=NC(=O)c2ccc(SCC)cc2)sc2cc(OC)c(OC)cc21. The zero-order valence-corrected chi connectivity index (χ0v) is 19.3. The number of fused-ring (bicyclic) bond motifs is 1. The third-order valence-electron chi connectivity index (χ3n) is 4.46. The van der Waals surface area contributed by atoms with E-state index in [1.165, 1.54) is 11.3 Å². The first-order chi connectivity index (χ1) is 14.6. The molecule has 0 saturated heterocycles. The lowest BCUT2D eigenvalue weighted by Crippen LogP contribution is -2.19. The number of thioether (sulfide) groups is 1. The Kier molecular flexibility index (Phi) is 7.95. The van der Waals surface area contributed by atoms with Gasteiger partial charge in [0.05, 0.1) is 31.0 Å². The molecule has 160 valence electrons. The first-order valence-electron chi connectivity index (χ1n) is 9.76. The molecule has 2 aromatic carbocycles. The van der Waals surface area contributed by atoms with Crippen molar-refractivity contribution in [3.63, 3.8) is 0 Å². The maximum Gasteiger partial charge on any atom is 0.279 e. The first kappa shape index (κ1) is 22.4. The van der Waals surface area contributed by atoms with Crippen LogP contribution in [0.2, 0.25) is 0 Å². The van der Waals surface area contributed by atoms with Crippen molar-refractivity contribution >= 4 is 39.2 Å². The Morgan fingerprint density at radius 1 is 1.10 bits per heavy atom. The predicted molar refractivity (Wildman–Crippen MR) is 122 cm³/mol. The summed E-state index contributed by atoms with van der Waals surface area (Å²) in [4.78, 5) is 19.0. The molecular weight excluding hydrogens is 420 g/mol. The van der Waals surface area contributed by atoms with E-state index >= 15 is 0 Å². The quantitative estimate of drug-likeness (QED) is 0.355. The molecule has 0 saturated carbocycles. The lowest BCUT2D eigenvalue weighted by atomic mass is 10.2. The van der Waals surface area contributed by atoms with Crippen LogP contribution in [0.5, 0.6) is 11.5 Å². The van der Waals surface area contributed by atoms with Crippen molar-refractivity contribution in [3.8, 4) is 11.5 Å². The predicted octanol–water partition coefficient (Wildman–Crippen LogP) is 4.61. The number of aromatic nitrogens is 1. The van der Waals surface area contributed by atoms with Gasteiger partial charge in [0.15, 0.2) is 16.3 Å². The van der Waals surface area contributed by atoms with Crippen LogP contribution in [0.3, 0.4) is 0 Å². The molecule has 1 aromatic heterocycles. The van der Waals surface area contributed by atoms with Crippen LogP contribution in [0, 0.1) is 0 Å². The fourth-order valence-electron chi connectivity index (χ4n) is 3.01. The summed E-state index contributed by atoms with van der Waals surface area (Å²) in [6.07, 6.45) is 0. The summed E-state index contributed by atoms with van der Waals surface area (Å²) in [5.41, 5.74) is 1.50. The van der Waals surface area contributed by atoms with E-state index in [1.54, 1.807) is 26.0 Å². The third-order valence-corrected chi connectivity index (χ3v) is 6.40. The second-order valence-corrected chi connectivity index (χ2v) is 8.63. The summed E-state index contributed by atoms with van der Waals surface area (Å²) >= 11 is 3.19. The highest BCUT2D eigenvalue weighted by atomic mass is 32.2. The van der Waals surface area contributed by atoms with Crippen molar-refractivity contribution in [2.24, 2.45) is 4.99 Å². The summed E-state index contributed by atoms with van der Waals surface area (Å²) in [6, 6.07) is 11.4. The van der Waals surface area contributed by atoms with Crippen molar-refractivity contribution in [1.82, 2.24) is 4.57 Å². The number of rotatable bonds is 9. The average molecular weight is 447 g/mol. The second-order valence-electron chi connectivity index (χ2n) is 6.28. The number of ether oxygens (including phenoxy) is 3. The van der Waals surface area contributed by atoms with Gasteiger partial charge in [-0.05, 0) is 36.9 Å². The number of methoxy groups -OCH3 is 2. The molecule has 0 N–H and O–H groups in total. The van der Waals surface area contributed by atoms with Crippen LogP contribution in [-0.4, -0.2) is 43.7 Å². The molecule has 0 bridgehead atoms. The molecule has 0 unspecified atom stereocenters. The van der Waals surface area contributed by atoms with Crippen LogP contribution in [0.1, 0.15) is 24.2 Å². The van der Waals surface area contributed by atoms with Gasteiger partial charge in [-0.3, -0.25) is 4.79 Å². The number of carbonyl (C=O) groups is 1. The van der Waals surface area contributed by atoms with E-state index in [-0.39, 0.29) is 5.91 Å². The molecule has 1 heterocycles. The first-order valence-corrected chi connectivity index (χ1v) is 11.6. The van der Waals surface area contributed by atoms with Crippen molar-refractivity contribution < 1.29 is 19.0 Å². The second kappa shape index (κ2) is 10.7. The Bertz CT molecular complexity index is 1070. The lowest BCUT2D eigenvalue weighted by Gasteiger charge is -2.09. The number of hydrogen-bond donors (Lipinski definition) is 0. The minimum absolute atomic E-state index is 0.265. The molecule has 0 radical (unpaired) electrons. The number of hydrogen-bond acceptors (Lipinski definition) is 6. The van der Waals surface area contributed by atoms with Gasteiger partial charge in [0.1, 0.15) is 0 Å². The van der Waals surface area contributed by atoms with Crippen LogP contribution in [-0.2, 0) is 11.3 Å². The molecule has 8 heteroatoms. The zero-order valence-electron chi connectivity index (χ0n) is 17.6.